The number of benzene rings is 1. The van der Waals surface area contributed by atoms with E-state index in [4.69, 9.17) is 10.00 Å². The van der Waals surface area contributed by atoms with Crippen molar-refractivity contribution in [1.82, 2.24) is 4.57 Å². The van der Waals surface area contributed by atoms with E-state index < -0.39 is 0 Å². The highest BCUT2D eigenvalue weighted by molar-refractivity contribution is 5.64. The molecule has 4 nitrogen and oxygen atoms in total. The highest BCUT2D eigenvalue weighted by Gasteiger charge is 2.12. The van der Waals surface area contributed by atoms with Gasteiger partial charge in [0.15, 0.2) is 0 Å². The van der Waals surface area contributed by atoms with Crippen molar-refractivity contribution in [1.29, 1.82) is 5.26 Å². The summed E-state index contributed by atoms with van der Waals surface area (Å²) in [6.07, 6.45) is 0.124. The second-order valence-corrected chi connectivity index (χ2v) is 5.35. The van der Waals surface area contributed by atoms with E-state index in [1.54, 1.807) is 17.7 Å². The van der Waals surface area contributed by atoms with Gasteiger partial charge in [-0.3, -0.25) is 4.79 Å². The predicted molar refractivity (Wildman–Crippen MR) is 86.8 cm³/mol. The fourth-order valence-corrected chi connectivity index (χ4v) is 2.58. The Labute approximate surface area is 130 Å². The summed E-state index contributed by atoms with van der Waals surface area (Å²) < 4.78 is 6.82. The number of rotatable bonds is 5. The minimum absolute atomic E-state index is 0.115. The molecular weight excluding hydrogens is 276 g/mol. The van der Waals surface area contributed by atoms with Gasteiger partial charge in [0.1, 0.15) is 0 Å². The lowest BCUT2D eigenvalue weighted by Crippen LogP contribution is -2.26. The third-order valence-electron chi connectivity index (χ3n) is 3.70. The van der Waals surface area contributed by atoms with Crippen molar-refractivity contribution >= 4 is 0 Å². The first-order valence-corrected chi connectivity index (χ1v) is 7.24. The van der Waals surface area contributed by atoms with Crippen LogP contribution in [0.2, 0.25) is 0 Å². The van der Waals surface area contributed by atoms with Gasteiger partial charge < -0.3 is 9.30 Å². The van der Waals surface area contributed by atoms with E-state index in [0.29, 0.717) is 18.7 Å². The Hall–Kier alpha value is -2.38. The van der Waals surface area contributed by atoms with Crippen molar-refractivity contribution in [3.05, 3.63) is 57.4 Å². The highest BCUT2D eigenvalue weighted by atomic mass is 16.5. The molecule has 0 unspecified atom stereocenters. The Kier molecular flexibility index (Phi) is 5.13. The van der Waals surface area contributed by atoms with Crippen LogP contribution in [0.25, 0.3) is 11.3 Å². The maximum absolute atomic E-state index is 12.6. The minimum atomic E-state index is -0.115. The number of ether oxygens (including phenoxy) is 1. The van der Waals surface area contributed by atoms with Gasteiger partial charge in [0.2, 0.25) is 0 Å². The minimum Gasteiger partial charge on any atom is -0.383 e. The third-order valence-corrected chi connectivity index (χ3v) is 3.70. The van der Waals surface area contributed by atoms with Crippen molar-refractivity contribution in [3.8, 4) is 17.3 Å². The first-order chi connectivity index (χ1) is 10.6. The maximum atomic E-state index is 12.6. The lowest BCUT2D eigenvalue weighted by molar-refractivity contribution is 0.186. The van der Waals surface area contributed by atoms with Gasteiger partial charge in [0.25, 0.3) is 5.56 Å². The van der Waals surface area contributed by atoms with Crippen LogP contribution in [0.5, 0.6) is 0 Å². The molecule has 0 aliphatic rings. The van der Waals surface area contributed by atoms with Crippen molar-refractivity contribution in [3.63, 3.8) is 0 Å². The molecule has 0 bridgehead atoms. The second kappa shape index (κ2) is 7.06. The molecule has 114 valence electrons. The average Bonchev–Trinajstić information content (AvgIpc) is 2.49. The molecule has 4 heteroatoms. The van der Waals surface area contributed by atoms with Crippen molar-refractivity contribution in [2.75, 3.05) is 13.7 Å². The zero-order chi connectivity index (χ0) is 16.1. The number of aryl methyl sites for hydroxylation is 2. The molecule has 0 aliphatic heterocycles. The second-order valence-electron chi connectivity index (χ2n) is 5.35. The summed E-state index contributed by atoms with van der Waals surface area (Å²) >= 11 is 0. The monoisotopic (exact) mass is 296 g/mol. The quantitative estimate of drug-likeness (QED) is 0.852. The third kappa shape index (κ3) is 3.26. The summed E-state index contributed by atoms with van der Waals surface area (Å²) in [7, 11) is 1.61. The Balaban J connectivity index is 2.62. The number of aromatic nitrogens is 1. The number of hydrogen-bond acceptors (Lipinski definition) is 3. The van der Waals surface area contributed by atoms with E-state index in [1.807, 2.05) is 38.1 Å². The molecule has 1 heterocycles. The van der Waals surface area contributed by atoms with Crippen LogP contribution in [0, 0.1) is 25.2 Å². The fraction of sp³-hybridized carbons (Fsp3) is 0.333. The fourth-order valence-electron chi connectivity index (χ4n) is 2.58. The van der Waals surface area contributed by atoms with Gasteiger partial charge >= 0.3 is 0 Å². The number of methoxy groups -OCH3 is 1. The summed E-state index contributed by atoms with van der Waals surface area (Å²) in [5.74, 6) is 0. The Bertz CT molecular complexity index is 770. The zero-order valence-corrected chi connectivity index (χ0v) is 13.2. The first kappa shape index (κ1) is 16.0. The molecule has 22 heavy (non-hydrogen) atoms. The number of nitrogens with zero attached hydrogens (tertiary/aromatic N) is 2. The number of hydrogen-bond donors (Lipinski definition) is 0. The molecule has 0 aliphatic carbocycles. The Morgan fingerprint density at radius 1 is 1.23 bits per heavy atom. The van der Waals surface area contributed by atoms with Crippen molar-refractivity contribution in [2.24, 2.45) is 0 Å². The smallest absolute Gasteiger partial charge is 0.255 e. The summed E-state index contributed by atoms with van der Waals surface area (Å²) in [6.45, 7) is 5.01. The molecule has 1 aromatic heterocycles. The van der Waals surface area contributed by atoms with Crippen LogP contribution >= 0.6 is 0 Å². The van der Waals surface area contributed by atoms with Gasteiger partial charge in [-0.05, 0) is 25.5 Å². The van der Waals surface area contributed by atoms with Gasteiger partial charge in [-0.25, -0.2) is 0 Å². The van der Waals surface area contributed by atoms with E-state index in [1.165, 1.54) is 5.56 Å². The van der Waals surface area contributed by atoms with Crippen LogP contribution in [0.4, 0.5) is 0 Å². The van der Waals surface area contributed by atoms with E-state index in [9.17, 15) is 4.79 Å². The predicted octanol–water partition coefficient (Wildman–Crippen LogP) is 2.84. The summed E-state index contributed by atoms with van der Waals surface area (Å²) in [4.78, 5) is 12.6. The van der Waals surface area contributed by atoms with Gasteiger partial charge in [-0.2, -0.15) is 5.26 Å². The summed E-state index contributed by atoms with van der Waals surface area (Å²) in [5.41, 5.74) is 4.61. The molecule has 0 fully saturated rings. The van der Waals surface area contributed by atoms with Crippen molar-refractivity contribution < 1.29 is 4.74 Å². The first-order valence-electron chi connectivity index (χ1n) is 7.24. The highest BCUT2D eigenvalue weighted by Crippen LogP contribution is 2.23. The summed E-state index contributed by atoms with van der Waals surface area (Å²) in [6, 6.07) is 11.9. The molecule has 0 atom stereocenters. The molecule has 1 aromatic carbocycles. The van der Waals surface area contributed by atoms with E-state index >= 15 is 0 Å². The van der Waals surface area contributed by atoms with Crippen LogP contribution in [0.1, 0.15) is 16.7 Å². The number of nitriles is 1. The molecule has 2 aromatic rings. The van der Waals surface area contributed by atoms with Gasteiger partial charge in [-0.15, -0.1) is 0 Å². The standard InChI is InChI=1S/C18H20N2O2/c1-13-4-6-16(14(2)12-13)17-7-5-15(8-9-19)18(21)20(17)10-11-22-3/h4-7,12H,8,10-11H2,1-3H3. The van der Waals surface area contributed by atoms with Crippen LogP contribution in [-0.4, -0.2) is 18.3 Å². The molecular formula is C18H20N2O2. The van der Waals surface area contributed by atoms with Crippen LogP contribution in [0.15, 0.2) is 35.1 Å². The lowest BCUT2D eigenvalue weighted by atomic mass is 10.0. The van der Waals surface area contributed by atoms with Crippen molar-refractivity contribution in [2.45, 2.75) is 26.8 Å². The summed E-state index contributed by atoms with van der Waals surface area (Å²) in [5, 5.41) is 8.85. The lowest BCUT2D eigenvalue weighted by Gasteiger charge is -2.16. The van der Waals surface area contributed by atoms with E-state index in [0.717, 1.165) is 16.8 Å². The maximum Gasteiger partial charge on any atom is 0.255 e. The SMILES string of the molecule is COCCn1c(-c2ccc(C)cc2C)ccc(CC#N)c1=O. The molecule has 0 radical (unpaired) electrons. The normalized spacial score (nSPS) is 10.5. The van der Waals surface area contributed by atoms with Gasteiger partial charge in [-0.1, -0.05) is 29.8 Å². The molecule has 2 rings (SSSR count). The Morgan fingerprint density at radius 2 is 2.00 bits per heavy atom. The van der Waals surface area contributed by atoms with E-state index in [2.05, 4.69) is 6.07 Å². The topological polar surface area (TPSA) is 55.0 Å². The van der Waals surface area contributed by atoms with Crippen LogP contribution in [0.3, 0.4) is 0 Å². The zero-order valence-electron chi connectivity index (χ0n) is 13.2. The number of pyridine rings is 1. The van der Waals surface area contributed by atoms with E-state index in [-0.39, 0.29) is 12.0 Å². The molecule has 0 amide bonds. The molecule has 0 spiro atoms. The van der Waals surface area contributed by atoms with Gasteiger partial charge in [0, 0.05) is 24.8 Å². The molecule has 0 saturated heterocycles. The van der Waals surface area contributed by atoms with Crippen LogP contribution < -0.4 is 5.56 Å². The largest absolute Gasteiger partial charge is 0.383 e. The Morgan fingerprint density at radius 3 is 2.64 bits per heavy atom. The van der Waals surface area contributed by atoms with Crippen LogP contribution in [-0.2, 0) is 17.7 Å². The molecule has 0 N–H and O–H groups in total. The average molecular weight is 296 g/mol. The molecule has 0 saturated carbocycles. The van der Waals surface area contributed by atoms with Gasteiger partial charge in [0.05, 0.1) is 24.8 Å².